The number of esters is 1. The van der Waals surface area contributed by atoms with Gasteiger partial charge in [-0.05, 0) is 37.1 Å². The number of hydrogen-bond donors (Lipinski definition) is 0. The van der Waals surface area contributed by atoms with Crippen LogP contribution in [0.15, 0.2) is 84.9 Å². The van der Waals surface area contributed by atoms with Crippen LogP contribution in [0.5, 0.6) is 0 Å². The van der Waals surface area contributed by atoms with E-state index in [1.807, 2.05) is 12.1 Å². The third-order valence-electron chi connectivity index (χ3n) is 5.84. The molecule has 1 atom stereocenters. The zero-order valence-electron chi connectivity index (χ0n) is 18.0. The molecular formula is C27H24FNO4. The van der Waals surface area contributed by atoms with Gasteiger partial charge in [0.05, 0.1) is 5.92 Å². The van der Waals surface area contributed by atoms with E-state index in [-0.39, 0.29) is 11.7 Å². The molecule has 168 valence electrons. The Labute approximate surface area is 191 Å². The SMILES string of the molecule is O=C(OC(C(=O)c1ccccc1)c1ccccc1)C1CCN(C(=O)c2ccc(F)cc2)CC1. The van der Waals surface area contributed by atoms with Gasteiger partial charge < -0.3 is 9.64 Å². The van der Waals surface area contributed by atoms with Crippen molar-refractivity contribution in [1.82, 2.24) is 4.90 Å². The van der Waals surface area contributed by atoms with Gasteiger partial charge in [-0.3, -0.25) is 14.4 Å². The van der Waals surface area contributed by atoms with Gasteiger partial charge in [0.1, 0.15) is 5.82 Å². The third-order valence-corrected chi connectivity index (χ3v) is 5.84. The Morgan fingerprint density at radius 3 is 1.97 bits per heavy atom. The van der Waals surface area contributed by atoms with Gasteiger partial charge in [-0.2, -0.15) is 0 Å². The van der Waals surface area contributed by atoms with Crippen LogP contribution in [0.2, 0.25) is 0 Å². The summed E-state index contributed by atoms with van der Waals surface area (Å²) in [7, 11) is 0. The average Bonchev–Trinajstić information content (AvgIpc) is 2.88. The normalized spacial score (nSPS) is 15.0. The van der Waals surface area contributed by atoms with E-state index in [9.17, 15) is 18.8 Å². The van der Waals surface area contributed by atoms with Crippen molar-refractivity contribution < 1.29 is 23.5 Å². The number of piperidine rings is 1. The van der Waals surface area contributed by atoms with E-state index in [1.54, 1.807) is 53.4 Å². The van der Waals surface area contributed by atoms with Crippen molar-refractivity contribution in [2.45, 2.75) is 18.9 Å². The third kappa shape index (κ3) is 5.34. The van der Waals surface area contributed by atoms with Crippen LogP contribution in [0.4, 0.5) is 4.39 Å². The highest BCUT2D eigenvalue weighted by Gasteiger charge is 2.33. The maximum atomic E-state index is 13.1. The summed E-state index contributed by atoms with van der Waals surface area (Å²) in [6.45, 7) is 0.775. The average molecular weight is 445 g/mol. The second-order valence-corrected chi connectivity index (χ2v) is 8.03. The number of amides is 1. The fraction of sp³-hybridized carbons (Fsp3) is 0.222. The number of ketones is 1. The number of halogens is 1. The van der Waals surface area contributed by atoms with E-state index in [4.69, 9.17) is 4.74 Å². The van der Waals surface area contributed by atoms with E-state index in [1.165, 1.54) is 24.3 Å². The molecule has 0 bridgehead atoms. The Bertz CT molecular complexity index is 1110. The van der Waals surface area contributed by atoms with E-state index in [2.05, 4.69) is 0 Å². The molecule has 1 aliphatic heterocycles. The lowest BCUT2D eigenvalue weighted by molar-refractivity contribution is -0.153. The smallest absolute Gasteiger partial charge is 0.310 e. The Morgan fingerprint density at radius 1 is 0.788 bits per heavy atom. The molecule has 3 aromatic rings. The first-order valence-electron chi connectivity index (χ1n) is 10.9. The Kier molecular flexibility index (Phi) is 6.93. The minimum Gasteiger partial charge on any atom is -0.449 e. The number of Topliss-reactive ketones (excluding diaryl/α,β-unsaturated/α-hetero) is 1. The highest BCUT2D eigenvalue weighted by molar-refractivity contribution is 6.01. The summed E-state index contributed by atoms with van der Waals surface area (Å²) in [4.78, 5) is 40.4. The first kappa shape index (κ1) is 22.4. The molecule has 1 amide bonds. The molecule has 4 rings (SSSR count). The fourth-order valence-electron chi connectivity index (χ4n) is 3.96. The van der Waals surface area contributed by atoms with Gasteiger partial charge in [0.15, 0.2) is 6.10 Å². The number of ether oxygens (including phenoxy) is 1. The quantitative estimate of drug-likeness (QED) is 0.402. The zero-order chi connectivity index (χ0) is 23.2. The van der Waals surface area contributed by atoms with Crippen molar-refractivity contribution in [1.29, 1.82) is 0 Å². The monoisotopic (exact) mass is 445 g/mol. The molecule has 0 radical (unpaired) electrons. The molecule has 1 fully saturated rings. The molecule has 0 saturated carbocycles. The van der Waals surface area contributed by atoms with Gasteiger partial charge in [-0.25, -0.2) is 4.39 Å². The Morgan fingerprint density at radius 2 is 1.36 bits per heavy atom. The predicted molar refractivity (Wildman–Crippen MR) is 121 cm³/mol. The molecule has 0 aliphatic carbocycles. The predicted octanol–water partition coefficient (Wildman–Crippen LogP) is 4.85. The van der Waals surface area contributed by atoms with Crippen LogP contribution in [0.25, 0.3) is 0 Å². The first-order valence-corrected chi connectivity index (χ1v) is 10.9. The van der Waals surface area contributed by atoms with Crippen molar-refractivity contribution in [2.24, 2.45) is 5.92 Å². The lowest BCUT2D eigenvalue weighted by Gasteiger charge is -2.31. The first-order chi connectivity index (χ1) is 16.0. The summed E-state index contributed by atoms with van der Waals surface area (Å²) in [5, 5.41) is 0. The molecule has 1 aliphatic rings. The van der Waals surface area contributed by atoms with Gasteiger partial charge >= 0.3 is 5.97 Å². The topological polar surface area (TPSA) is 63.7 Å². The van der Waals surface area contributed by atoms with E-state index < -0.39 is 23.8 Å². The Hall–Kier alpha value is -3.80. The van der Waals surface area contributed by atoms with Gasteiger partial charge in [-0.1, -0.05) is 60.7 Å². The molecule has 1 saturated heterocycles. The number of likely N-dealkylation sites (tertiary alicyclic amines) is 1. The highest BCUT2D eigenvalue weighted by atomic mass is 19.1. The van der Waals surface area contributed by atoms with Crippen LogP contribution in [0.1, 0.15) is 45.2 Å². The number of benzene rings is 3. The second-order valence-electron chi connectivity index (χ2n) is 8.03. The van der Waals surface area contributed by atoms with E-state index in [0.29, 0.717) is 42.6 Å². The standard InChI is InChI=1S/C27H24FNO4/c28-23-13-11-21(12-14-23)26(31)29-17-15-22(16-18-29)27(32)33-25(20-9-5-2-6-10-20)24(30)19-7-3-1-4-8-19/h1-14,22,25H,15-18H2. The van der Waals surface area contributed by atoms with Crippen molar-refractivity contribution in [2.75, 3.05) is 13.1 Å². The maximum absolute atomic E-state index is 13.1. The molecule has 5 nitrogen and oxygen atoms in total. The van der Waals surface area contributed by atoms with Crippen LogP contribution >= 0.6 is 0 Å². The molecule has 6 heteroatoms. The van der Waals surface area contributed by atoms with E-state index >= 15 is 0 Å². The van der Waals surface area contributed by atoms with Gasteiger partial charge in [0.2, 0.25) is 5.78 Å². The summed E-state index contributed by atoms with van der Waals surface area (Å²) >= 11 is 0. The van der Waals surface area contributed by atoms with Crippen molar-refractivity contribution >= 4 is 17.7 Å². The van der Waals surface area contributed by atoms with Gasteiger partial charge in [0, 0.05) is 29.8 Å². The van der Waals surface area contributed by atoms with Gasteiger partial charge in [0.25, 0.3) is 5.91 Å². The van der Waals surface area contributed by atoms with E-state index in [0.717, 1.165) is 0 Å². The zero-order valence-corrected chi connectivity index (χ0v) is 18.0. The lowest BCUT2D eigenvalue weighted by Crippen LogP contribution is -2.41. The highest BCUT2D eigenvalue weighted by Crippen LogP contribution is 2.27. The number of hydrogen-bond acceptors (Lipinski definition) is 4. The molecule has 0 spiro atoms. The van der Waals surface area contributed by atoms with Crippen molar-refractivity contribution in [3.63, 3.8) is 0 Å². The molecule has 0 aromatic heterocycles. The fourth-order valence-corrected chi connectivity index (χ4v) is 3.96. The minimum absolute atomic E-state index is 0.191. The summed E-state index contributed by atoms with van der Waals surface area (Å²) < 4.78 is 18.9. The summed E-state index contributed by atoms with van der Waals surface area (Å²) in [5.74, 6) is -1.72. The summed E-state index contributed by atoms with van der Waals surface area (Å²) in [6, 6.07) is 23.1. The van der Waals surface area contributed by atoms with Crippen LogP contribution in [0.3, 0.4) is 0 Å². The Balaban J connectivity index is 1.42. The molecule has 33 heavy (non-hydrogen) atoms. The molecule has 1 unspecified atom stereocenters. The summed E-state index contributed by atoms with van der Waals surface area (Å²) in [5.41, 5.74) is 1.50. The van der Waals surface area contributed by atoms with Crippen molar-refractivity contribution in [3.8, 4) is 0 Å². The van der Waals surface area contributed by atoms with Crippen LogP contribution in [-0.2, 0) is 9.53 Å². The molecule has 1 heterocycles. The van der Waals surface area contributed by atoms with Crippen molar-refractivity contribution in [3.05, 3.63) is 107 Å². The number of rotatable bonds is 6. The molecule has 3 aromatic carbocycles. The van der Waals surface area contributed by atoms with Crippen LogP contribution in [0, 0.1) is 11.7 Å². The minimum atomic E-state index is -1.03. The van der Waals surface area contributed by atoms with Gasteiger partial charge in [-0.15, -0.1) is 0 Å². The summed E-state index contributed by atoms with van der Waals surface area (Å²) in [6.07, 6.45) is -0.153. The maximum Gasteiger partial charge on any atom is 0.310 e. The second kappa shape index (κ2) is 10.2. The lowest BCUT2D eigenvalue weighted by atomic mass is 9.95. The largest absolute Gasteiger partial charge is 0.449 e. The van der Waals surface area contributed by atoms with Crippen LogP contribution < -0.4 is 0 Å². The molecule has 0 N–H and O–H groups in total. The number of carbonyl (C=O) groups is 3. The molecular weight excluding hydrogens is 421 g/mol. The number of nitrogens with zero attached hydrogens (tertiary/aromatic N) is 1. The van der Waals surface area contributed by atoms with Crippen LogP contribution in [-0.4, -0.2) is 35.6 Å². The number of carbonyl (C=O) groups excluding carboxylic acids is 3.